The van der Waals surface area contributed by atoms with E-state index >= 15 is 0 Å². The minimum Gasteiger partial charge on any atom is -0.462 e. The van der Waals surface area contributed by atoms with Gasteiger partial charge in [-0.2, -0.15) is 0 Å². The number of carbonyl (C=O) groups excluding carboxylic acids is 3. The fourth-order valence-corrected chi connectivity index (χ4v) is 7.89. The van der Waals surface area contributed by atoms with Gasteiger partial charge in [-0.1, -0.05) is 244 Å². The lowest BCUT2D eigenvalue weighted by Crippen LogP contribution is -2.30. The highest BCUT2D eigenvalue weighted by molar-refractivity contribution is 5.71. The van der Waals surface area contributed by atoms with Gasteiger partial charge in [0.05, 0.1) is 0 Å². The van der Waals surface area contributed by atoms with Crippen molar-refractivity contribution >= 4 is 17.9 Å². The lowest BCUT2D eigenvalue weighted by molar-refractivity contribution is -0.167. The van der Waals surface area contributed by atoms with Crippen LogP contribution < -0.4 is 0 Å². The van der Waals surface area contributed by atoms with Gasteiger partial charge in [0, 0.05) is 19.3 Å². The van der Waals surface area contributed by atoms with Gasteiger partial charge in [-0.3, -0.25) is 14.4 Å². The third-order valence-corrected chi connectivity index (χ3v) is 12.3. The molecule has 0 aliphatic carbocycles. The first-order valence-corrected chi connectivity index (χ1v) is 30.3. The molecule has 0 spiro atoms. The third-order valence-electron chi connectivity index (χ3n) is 12.3. The summed E-state index contributed by atoms with van der Waals surface area (Å²) in [7, 11) is 0. The summed E-state index contributed by atoms with van der Waals surface area (Å²) in [6.07, 6.45) is 88.4. The van der Waals surface area contributed by atoms with E-state index in [0.717, 1.165) is 161 Å². The van der Waals surface area contributed by atoms with Crippen LogP contribution >= 0.6 is 0 Å². The van der Waals surface area contributed by atoms with Gasteiger partial charge in [-0.15, -0.1) is 0 Å². The van der Waals surface area contributed by atoms with Crippen molar-refractivity contribution in [3.05, 3.63) is 146 Å². The molecule has 75 heavy (non-hydrogen) atoms. The molecule has 0 saturated carbocycles. The Bertz CT molecular complexity index is 1660. The first kappa shape index (κ1) is 70.3. The van der Waals surface area contributed by atoms with Crippen molar-refractivity contribution in [1.29, 1.82) is 0 Å². The van der Waals surface area contributed by atoms with Gasteiger partial charge in [0.15, 0.2) is 6.10 Å². The molecule has 6 nitrogen and oxygen atoms in total. The number of carbonyl (C=O) groups is 3. The van der Waals surface area contributed by atoms with E-state index in [1.807, 2.05) is 0 Å². The van der Waals surface area contributed by atoms with Crippen molar-refractivity contribution in [3.8, 4) is 0 Å². The Labute approximate surface area is 461 Å². The Morgan fingerprint density at radius 3 is 0.747 bits per heavy atom. The molecule has 0 aliphatic rings. The maximum atomic E-state index is 12.9. The molecule has 0 aromatic heterocycles. The van der Waals surface area contributed by atoms with Crippen LogP contribution in [-0.2, 0) is 28.6 Å². The summed E-state index contributed by atoms with van der Waals surface area (Å²) in [5.41, 5.74) is 0. The fraction of sp³-hybridized carbons (Fsp3) is 0.609. The molecular weight excluding hydrogens is 925 g/mol. The molecule has 0 aromatic carbocycles. The van der Waals surface area contributed by atoms with E-state index in [4.69, 9.17) is 14.2 Å². The monoisotopic (exact) mass is 1030 g/mol. The maximum absolute atomic E-state index is 12.9. The summed E-state index contributed by atoms with van der Waals surface area (Å²) in [6, 6.07) is 0. The Kier molecular flexibility index (Phi) is 58.0. The van der Waals surface area contributed by atoms with Crippen molar-refractivity contribution in [2.45, 2.75) is 258 Å². The van der Waals surface area contributed by atoms with Crippen LogP contribution in [0.4, 0.5) is 0 Å². The van der Waals surface area contributed by atoms with Crippen molar-refractivity contribution < 1.29 is 28.6 Å². The van der Waals surface area contributed by atoms with Crippen LogP contribution in [0.3, 0.4) is 0 Å². The zero-order chi connectivity index (χ0) is 54.3. The largest absolute Gasteiger partial charge is 0.462 e. The number of rotatable bonds is 53. The molecule has 0 saturated heterocycles. The molecule has 1 unspecified atom stereocenters. The van der Waals surface area contributed by atoms with Crippen molar-refractivity contribution in [2.24, 2.45) is 0 Å². The molecule has 0 fully saturated rings. The second kappa shape index (κ2) is 61.8. The SMILES string of the molecule is CC/C=C\C/C=C\C/C=C\C/C=C\CCCCCCCCCCCCC(=O)OCC(COC(=O)CCCCCC/C=C\C/C=C\C/C=C\C/C=C\CC)OC(=O)CCCCCC/C=C\C/C=C\C/C=C\C/C=C\CC. The van der Waals surface area contributed by atoms with Gasteiger partial charge in [-0.25, -0.2) is 0 Å². The Hall–Kier alpha value is -4.71. The maximum Gasteiger partial charge on any atom is 0.306 e. The second-order valence-electron chi connectivity index (χ2n) is 19.5. The normalized spacial score (nSPS) is 13.2. The lowest BCUT2D eigenvalue weighted by atomic mass is 10.1. The summed E-state index contributed by atoms with van der Waals surface area (Å²) >= 11 is 0. The molecule has 0 rings (SSSR count). The molecule has 0 radical (unpaired) electrons. The Morgan fingerprint density at radius 2 is 0.480 bits per heavy atom. The van der Waals surface area contributed by atoms with E-state index < -0.39 is 6.10 Å². The molecule has 6 heteroatoms. The van der Waals surface area contributed by atoms with Gasteiger partial charge in [-0.05, 0) is 135 Å². The highest BCUT2D eigenvalue weighted by Crippen LogP contribution is 2.14. The number of hydrogen-bond acceptors (Lipinski definition) is 6. The average Bonchev–Trinajstić information content (AvgIpc) is 3.41. The predicted octanol–water partition coefficient (Wildman–Crippen LogP) is 20.8. The molecule has 1 atom stereocenters. The molecular formula is C69H110O6. The van der Waals surface area contributed by atoms with E-state index in [1.165, 1.54) is 51.4 Å². The molecule has 0 N–H and O–H groups in total. The van der Waals surface area contributed by atoms with Crippen LogP contribution in [0.1, 0.15) is 252 Å². The summed E-state index contributed by atoms with van der Waals surface area (Å²) < 4.78 is 16.9. The summed E-state index contributed by atoms with van der Waals surface area (Å²) in [6.45, 7) is 6.25. The Balaban J connectivity index is 4.47. The molecule has 0 aromatic rings. The van der Waals surface area contributed by atoms with Gasteiger partial charge in [0.25, 0.3) is 0 Å². The van der Waals surface area contributed by atoms with Crippen LogP contribution in [0.2, 0.25) is 0 Å². The first-order valence-electron chi connectivity index (χ1n) is 30.3. The summed E-state index contributed by atoms with van der Waals surface area (Å²) in [4.78, 5) is 38.3. The Morgan fingerprint density at radius 1 is 0.267 bits per heavy atom. The highest BCUT2D eigenvalue weighted by Gasteiger charge is 2.19. The van der Waals surface area contributed by atoms with Crippen LogP contribution in [0.25, 0.3) is 0 Å². The first-order chi connectivity index (χ1) is 37.0. The quantitative estimate of drug-likeness (QED) is 0.0261. The molecule has 422 valence electrons. The van der Waals surface area contributed by atoms with Crippen molar-refractivity contribution in [2.75, 3.05) is 13.2 Å². The molecule has 0 heterocycles. The minimum absolute atomic E-state index is 0.104. The zero-order valence-corrected chi connectivity index (χ0v) is 48.3. The van der Waals surface area contributed by atoms with E-state index in [9.17, 15) is 14.4 Å². The second-order valence-corrected chi connectivity index (χ2v) is 19.5. The van der Waals surface area contributed by atoms with E-state index in [2.05, 4.69) is 167 Å². The number of allylic oxidation sites excluding steroid dienone is 24. The highest BCUT2D eigenvalue weighted by atomic mass is 16.6. The molecule has 0 amide bonds. The van der Waals surface area contributed by atoms with Gasteiger partial charge in [0.1, 0.15) is 13.2 Å². The fourth-order valence-electron chi connectivity index (χ4n) is 7.89. The minimum atomic E-state index is -0.811. The summed E-state index contributed by atoms with van der Waals surface area (Å²) in [5, 5.41) is 0. The number of hydrogen-bond donors (Lipinski definition) is 0. The van der Waals surface area contributed by atoms with Crippen LogP contribution in [0.15, 0.2) is 146 Å². The van der Waals surface area contributed by atoms with E-state index in [0.29, 0.717) is 12.8 Å². The van der Waals surface area contributed by atoms with E-state index in [1.54, 1.807) is 0 Å². The topological polar surface area (TPSA) is 78.9 Å². The van der Waals surface area contributed by atoms with Crippen molar-refractivity contribution in [3.63, 3.8) is 0 Å². The number of ether oxygens (including phenoxy) is 3. The molecule has 0 bridgehead atoms. The molecule has 0 aliphatic heterocycles. The lowest BCUT2D eigenvalue weighted by Gasteiger charge is -2.18. The van der Waals surface area contributed by atoms with Gasteiger partial charge in [0.2, 0.25) is 0 Å². The van der Waals surface area contributed by atoms with Crippen molar-refractivity contribution in [1.82, 2.24) is 0 Å². The van der Waals surface area contributed by atoms with Crippen LogP contribution in [-0.4, -0.2) is 37.2 Å². The van der Waals surface area contributed by atoms with Gasteiger partial charge >= 0.3 is 17.9 Å². The number of unbranched alkanes of at least 4 members (excludes halogenated alkanes) is 18. The predicted molar refractivity (Wildman–Crippen MR) is 325 cm³/mol. The van der Waals surface area contributed by atoms with Gasteiger partial charge < -0.3 is 14.2 Å². The average molecular weight is 1040 g/mol. The van der Waals surface area contributed by atoms with E-state index in [-0.39, 0.29) is 37.5 Å². The number of esters is 3. The standard InChI is InChI=1S/C69H110O6/c1-4-7-10-13-16-19-22-25-28-31-32-33-34-35-36-39-41-44-47-50-53-56-59-62-68(71)74-65-66(75-69(72)63-60-57-54-51-48-45-42-38-30-27-24-21-18-15-12-9-6-3)64-73-67(70)61-58-55-52-49-46-43-40-37-29-26-23-20-17-14-11-8-5-2/h7-12,16-21,25-30,32-33,40,42-43,45,66H,4-6,13-15,22-24,31,34-39,41,44,46-65H2,1-3H3/b10-7-,11-8-,12-9-,19-16-,20-17-,21-18-,28-25-,29-26-,30-27-,33-32-,43-40-,45-42-. The van der Waals surface area contributed by atoms with Crippen LogP contribution in [0, 0.1) is 0 Å². The third kappa shape index (κ3) is 60.0. The zero-order valence-electron chi connectivity index (χ0n) is 48.3. The smallest absolute Gasteiger partial charge is 0.306 e. The summed E-state index contributed by atoms with van der Waals surface area (Å²) in [5.74, 6) is -0.959. The van der Waals surface area contributed by atoms with Crippen LogP contribution in [0.5, 0.6) is 0 Å².